The minimum absolute atomic E-state index is 0.187. The number of imidazole rings is 1. The predicted octanol–water partition coefficient (Wildman–Crippen LogP) is 9.98. The summed E-state index contributed by atoms with van der Waals surface area (Å²) in [6.07, 6.45) is 13.5. The van der Waals surface area contributed by atoms with Crippen molar-refractivity contribution >= 4 is 24.4 Å². The first-order valence-electron chi connectivity index (χ1n) is 19.6. The highest BCUT2D eigenvalue weighted by Crippen LogP contribution is 2.52. The molecule has 5 rings (SSSR count). The van der Waals surface area contributed by atoms with Gasteiger partial charge in [0.25, 0.3) is 0 Å². The Bertz CT molecular complexity index is 1880. The average Bonchev–Trinajstić information content (AvgIpc) is 3.70. The third kappa shape index (κ3) is 9.03. The largest absolute Gasteiger partial charge is 0.330 e. The summed E-state index contributed by atoms with van der Waals surface area (Å²) in [6.45, 7) is 4.68. The summed E-state index contributed by atoms with van der Waals surface area (Å²) in [6, 6.07) is 42.6. The van der Waals surface area contributed by atoms with Gasteiger partial charge in [-0.1, -0.05) is 168 Å². The lowest BCUT2D eigenvalue weighted by Crippen LogP contribution is -2.45. The van der Waals surface area contributed by atoms with Gasteiger partial charge in [-0.05, 0) is 60.0 Å². The molecule has 1 amide bonds. The highest BCUT2D eigenvalue weighted by atomic mass is 31.2. The van der Waals surface area contributed by atoms with Gasteiger partial charge in [-0.15, -0.1) is 0 Å². The smallest absolute Gasteiger partial charge is 0.210 e. The van der Waals surface area contributed by atoms with Gasteiger partial charge in [-0.25, -0.2) is 4.98 Å². The van der Waals surface area contributed by atoms with E-state index in [1.54, 1.807) is 4.90 Å². The monoisotopic (exact) mass is 738 g/mol. The van der Waals surface area contributed by atoms with E-state index in [9.17, 15) is 10.1 Å². The Balaban J connectivity index is 1.69. The minimum Gasteiger partial charge on any atom is -0.330 e. The molecule has 1 aromatic heterocycles. The Labute approximate surface area is 322 Å². The number of amides is 1. The van der Waals surface area contributed by atoms with E-state index >= 15 is 4.79 Å². The fraction of sp³-hybridized carbons (Fsp3) is 0.340. The summed E-state index contributed by atoms with van der Waals surface area (Å²) in [4.78, 5) is 34.9. The number of Topliss-reactive ketones (excluding diaryl/α,β-unsaturated/α-hetero) is 1. The molecular formula is C47H55N4O2P. The van der Waals surface area contributed by atoms with Crippen molar-refractivity contribution in [3.05, 3.63) is 162 Å². The van der Waals surface area contributed by atoms with Crippen LogP contribution in [0.3, 0.4) is 0 Å². The molecule has 0 bridgehead atoms. The van der Waals surface area contributed by atoms with E-state index in [-0.39, 0.29) is 18.7 Å². The lowest BCUT2D eigenvalue weighted by atomic mass is 9.77. The second kappa shape index (κ2) is 19.9. The highest BCUT2D eigenvalue weighted by Gasteiger charge is 2.39. The Kier molecular flexibility index (Phi) is 14.8. The molecule has 0 saturated carbocycles. The van der Waals surface area contributed by atoms with Crippen LogP contribution < -0.4 is 0 Å². The summed E-state index contributed by atoms with van der Waals surface area (Å²) in [5.41, 5.74) is 4.03. The molecule has 0 N–H and O–H groups in total. The van der Waals surface area contributed by atoms with Gasteiger partial charge in [0, 0.05) is 19.2 Å². The van der Waals surface area contributed by atoms with E-state index in [2.05, 4.69) is 104 Å². The molecule has 1 heterocycles. The van der Waals surface area contributed by atoms with Gasteiger partial charge in [0.15, 0.2) is 5.78 Å². The third-order valence-corrected chi connectivity index (χ3v) is 15.5. The molecule has 0 aliphatic carbocycles. The van der Waals surface area contributed by atoms with Gasteiger partial charge in [-0.3, -0.25) is 9.59 Å². The Morgan fingerprint density at radius 3 is 1.61 bits per heavy atom. The van der Waals surface area contributed by atoms with Crippen LogP contribution in [0.15, 0.2) is 134 Å². The molecule has 0 aliphatic heterocycles. The molecular weight excluding hydrogens is 684 g/mol. The van der Waals surface area contributed by atoms with Gasteiger partial charge in [0.1, 0.15) is 17.6 Å². The second-order valence-electron chi connectivity index (χ2n) is 14.3. The predicted molar refractivity (Wildman–Crippen MR) is 224 cm³/mol. The molecule has 1 unspecified atom stereocenters. The maximum Gasteiger partial charge on any atom is 0.210 e. The number of benzene rings is 4. The number of aromatic nitrogens is 2. The zero-order valence-corrected chi connectivity index (χ0v) is 33.1. The Morgan fingerprint density at radius 1 is 0.759 bits per heavy atom. The first-order chi connectivity index (χ1) is 26.5. The lowest BCUT2D eigenvalue weighted by molar-refractivity contribution is -0.128. The summed E-state index contributed by atoms with van der Waals surface area (Å²) >= 11 is 0. The quantitative estimate of drug-likeness (QED) is 0.0427. The first kappa shape index (κ1) is 40.2. The van der Waals surface area contributed by atoms with Gasteiger partial charge >= 0.3 is 0 Å². The fourth-order valence-electron chi connectivity index (χ4n) is 7.82. The van der Waals surface area contributed by atoms with Crippen LogP contribution in [-0.4, -0.2) is 56.5 Å². The van der Waals surface area contributed by atoms with Crippen LogP contribution in [-0.2, 0) is 28.1 Å². The molecule has 0 radical (unpaired) electrons. The topological polar surface area (TPSA) is 79.0 Å². The number of hydrogen-bond donors (Lipinski definition) is 0. The van der Waals surface area contributed by atoms with E-state index in [0.29, 0.717) is 11.0 Å². The van der Waals surface area contributed by atoms with E-state index in [1.807, 2.05) is 61.1 Å². The summed E-state index contributed by atoms with van der Waals surface area (Å²) < 4.78 is 2.14. The highest BCUT2D eigenvalue weighted by molar-refractivity contribution is 7.78. The van der Waals surface area contributed by atoms with E-state index < -0.39 is 18.5 Å². The van der Waals surface area contributed by atoms with Crippen molar-refractivity contribution in [2.75, 3.05) is 18.5 Å². The first-order valence-corrected chi connectivity index (χ1v) is 21.9. The molecule has 0 saturated heterocycles. The molecule has 280 valence electrons. The van der Waals surface area contributed by atoms with Gasteiger partial charge in [-0.2, -0.15) is 5.26 Å². The standard InChI is InChI=1S/C47H55N4O2P/c1-4-7-30-54(31-8-5-2,32-9-6-3)45(34-48)46(53)44(50(38-52)35-39-22-14-10-15-23-39)33-43-36-51(37-49-43)47(40-24-16-11-17-25-40,41-26-18-12-19-27-41)42-28-20-13-21-29-42/h10-29,36-38,44H,4-9,30-33,35H2,1-3H3. The Morgan fingerprint density at radius 2 is 1.20 bits per heavy atom. The molecule has 7 heteroatoms. The summed E-state index contributed by atoms with van der Waals surface area (Å²) in [5, 5.41) is 11.4. The molecule has 6 nitrogen and oxygen atoms in total. The number of rotatable bonds is 21. The summed E-state index contributed by atoms with van der Waals surface area (Å²) in [5.74, 6) is -0.216. The van der Waals surface area contributed by atoms with Crippen molar-refractivity contribution in [2.24, 2.45) is 0 Å². The normalized spacial score (nSPS) is 12.1. The average molecular weight is 739 g/mol. The zero-order valence-electron chi connectivity index (χ0n) is 32.2. The minimum atomic E-state index is -2.11. The molecule has 0 fully saturated rings. The lowest BCUT2D eigenvalue weighted by Gasteiger charge is -2.37. The molecule has 5 aromatic rings. The van der Waals surface area contributed by atoms with Crippen molar-refractivity contribution in [3.8, 4) is 6.07 Å². The van der Waals surface area contributed by atoms with Crippen molar-refractivity contribution < 1.29 is 9.59 Å². The molecule has 1 atom stereocenters. The van der Waals surface area contributed by atoms with Crippen molar-refractivity contribution in [3.63, 3.8) is 0 Å². The second-order valence-corrected chi connectivity index (χ2v) is 18.3. The van der Waals surface area contributed by atoms with Gasteiger partial charge < -0.3 is 9.47 Å². The molecule has 4 aromatic carbocycles. The number of carbonyl (C=O) groups excluding carboxylic acids is 2. The van der Waals surface area contributed by atoms with Crippen molar-refractivity contribution in [2.45, 2.75) is 83.8 Å². The molecule has 0 spiro atoms. The summed E-state index contributed by atoms with van der Waals surface area (Å²) in [7, 11) is 0. The van der Waals surface area contributed by atoms with Crippen LogP contribution in [0, 0.1) is 11.3 Å². The van der Waals surface area contributed by atoms with Crippen LogP contribution in [0.2, 0.25) is 0 Å². The number of nitriles is 1. The number of unbranched alkanes of at least 4 members (excludes halogenated alkanes) is 3. The number of hydrogen-bond acceptors (Lipinski definition) is 4. The van der Waals surface area contributed by atoms with E-state index in [1.165, 1.54) is 0 Å². The van der Waals surface area contributed by atoms with Crippen molar-refractivity contribution in [1.82, 2.24) is 14.5 Å². The number of nitrogens with zero attached hydrogens (tertiary/aromatic N) is 4. The SMILES string of the molecule is CCCCP(CCCC)(CCCC)=C(C#N)C(=O)C(Cc1cn(C(c2ccccc2)(c2ccccc2)c2ccccc2)cn1)N(C=O)Cc1ccccc1. The molecule has 0 aliphatic rings. The maximum absolute atomic E-state index is 15.2. The van der Waals surface area contributed by atoms with E-state index in [0.717, 1.165) is 85.7 Å². The van der Waals surface area contributed by atoms with Crippen LogP contribution in [0.5, 0.6) is 0 Å². The van der Waals surface area contributed by atoms with E-state index in [4.69, 9.17) is 4.98 Å². The van der Waals surface area contributed by atoms with Crippen LogP contribution in [0.1, 0.15) is 87.2 Å². The zero-order chi connectivity index (χ0) is 38.2. The van der Waals surface area contributed by atoms with Crippen molar-refractivity contribution in [1.29, 1.82) is 5.26 Å². The molecule has 54 heavy (non-hydrogen) atoms. The fourth-order valence-corrected chi connectivity index (χ4v) is 12.8. The van der Waals surface area contributed by atoms with Gasteiger partial charge in [0.05, 0.1) is 17.3 Å². The van der Waals surface area contributed by atoms with Crippen LogP contribution in [0.4, 0.5) is 0 Å². The van der Waals surface area contributed by atoms with Crippen LogP contribution >= 0.6 is 6.89 Å². The maximum atomic E-state index is 15.2. The Hall–Kier alpha value is -4.98. The number of ketones is 1. The number of carbonyl (C=O) groups is 2. The van der Waals surface area contributed by atoms with Gasteiger partial charge in [0.2, 0.25) is 6.41 Å². The third-order valence-electron chi connectivity index (χ3n) is 10.7. The van der Waals surface area contributed by atoms with Crippen LogP contribution in [0.25, 0.3) is 0 Å².